The van der Waals surface area contributed by atoms with Gasteiger partial charge < -0.3 is 15.4 Å². The number of ether oxygens (including phenoxy) is 1. The maximum Gasteiger partial charge on any atom is 0.248 e. The molecule has 0 aliphatic carbocycles. The highest BCUT2D eigenvalue weighted by Gasteiger charge is 2.09. The third-order valence-corrected chi connectivity index (χ3v) is 7.11. The van der Waals surface area contributed by atoms with Crippen molar-refractivity contribution in [1.29, 1.82) is 0 Å². The van der Waals surface area contributed by atoms with Gasteiger partial charge in [-0.3, -0.25) is 9.59 Å². The Balaban J connectivity index is 1.22. The fourth-order valence-electron chi connectivity index (χ4n) is 3.03. The lowest BCUT2D eigenvalue weighted by atomic mass is 10.2. The van der Waals surface area contributed by atoms with Gasteiger partial charge in [-0.25, -0.2) is 4.98 Å². The minimum Gasteiger partial charge on any atom is -0.492 e. The minimum atomic E-state index is -0.205. The lowest BCUT2D eigenvalue weighted by Crippen LogP contribution is -2.29. The molecule has 1 aromatic heterocycles. The number of amides is 2. The summed E-state index contributed by atoms with van der Waals surface area (Å²) in [4.78, 5) is 28.9. The predicted molar refractivity (Wildman–Crippen MR) is 144 cm³/mol. The van der Waals surface area contributed by atoms with Crippen LogP contribution in [0.2, 0.25) is 5.02 Å². The average molecular weight is 524 g/mol. The minimum absolute atomic E-state index is 0.0906. The number of hydrogen-bond donors (Lipinski definition) is 2. The molecule has 9 heteroatoms. The van der Waals surface area contributed by atoms with Crippen molar-refractivity contribution in [1.82, 2.24) is 10.3 Å². The molecular formula is C26H22ClN3O3S2. The van der Waals surface area contributed by atoms with Crippen LogP contribution in [0.15, 0.2) is 83.2 Å². The van der Waals surface area contributed by atoms with Crippen molar-refractivity contribution in [3.63, 3.8) is 0 Å². The van der Waals surface area contributed by atoms with Gasteiger partial charge in [0.1, 0.15) is 12.4 Å². The van der Waals surface area contributed by atoms with Gasteiger partial charge >= 0.3 is 0 Å². The highest BCUT2D eigenvalue weighted by atomic mass is 35.5. The van der Waals surface area contributed by atoms with Crippen LogP contribution in [0.25, 0.3) is 16.3 Å². The maximum absolute atomic E-state index is 12.2. The molecule has 4 aromatic rings. The van der Waals surface area contributed by atoms with Crippen LogP contribution in [0.4, 0.5) is 5.69 Å². The number of hydrogen-bond acceptors (Lipinski definition) is 6. The summed E-state index contributed by atoms with van der Waals surface area (Å²) in [7, 11) is 0. The van der Waals surface area contributed by atoms with E-state index in [2.05, 4.69) is 15.6 Å². The molecule has 0 aliphatic heterocycles. The fourth-order valence-corrected chi connectivity index (χ4v) is 5.10. The van der Waals surface area contributed by atoms with E-state index >= 15 is 0 Å². The lowest BCUT2D eigenvalue weighted by molar-refractivity contribution is -0.118. The van der Waals surface area contributed by atoms with Crippen LogP contribution in [-0.4, -0.2) is 35.7 Å². The van der Waals surface area contributed by atoms with Crippen molar-refractivity contribution < 1.29 is 14.3 Å². The molecule has 0 fully saturated rings. The molecule has 0 spiro atoms. The van der Waals surface area contributed by atoms with Crippen LogP contribution in [-0.2, 0) is 9.59 Å². The highest BCUT2D eigenvalue weighted by molar-refractivity contribution is 8.01. The Morgan fingerprint density at radius 1 is 1.06 bits per heavy atom. The Hall–Kier alpha value is -3.33. The standard InChI is InChI=1S/C26H22ClN3O3S2/c27-19-7-10-21(11-8-19)33-15-14-28-25(32)17-34-26-30-22-12-9-20(16-23(22)35-26)29-24(31)13-6-18-4-2-1-3-5-18/h1-13,16H,14-15,17H2,(H,28,32)(H,29,31)/b13-6+. The highest BCUT2D eigenvalue weighted by Crippen LogP contribution is 2.31. The van der Waals surface area contributed by atoms with Crippen LogP contribution in [0.5, 0.6) is 5.75 Å². The van der Waals surface area contributed by atoms with E-state index in [4.69, 9.17) is 16.3 Å². The van der Waals surface area contributed by atoms with Gasteiger partial charge in [0.05, 0.1) is 22.5 Å². The van der Waals surface area contributed by atoms with E-state index in [0.717, 1.165) is 20.1 Å². The van der Waals surface area contributed by atoms with E-state index in [9.17, 15) is 9.59 Å². The van der Waals surface area contributed by atoms with E-state index in [0.29, 0.717) is 29.6 Å². The molecule has 0 atom stereocenters. The number of thioether (sulfide) groups is 1. The van der Waals surface area contributed by atoms with Gasteiger partial charge in [-0.15, -0.1) is 11.3 Å². The normalized spacial score (nSPS) is 11.0. The van der Waals surface area contributed by atoms with E-state index in [1.165, 1.54) is 29.2 Å². The molecule has 0 aliphatic rings. The smallest absolute Gasteiger partial charge is 0.248 e. The number of carbonyl (C=O) groups excluding carboxylic acids is 2. The number of thiazole rings is 1. The number of nitrogens with one attached hydrogen (secondary N) is 2. The van der Waals surface area contributed by atoms with Crippen molar-refractivity contribution in [2.45, 2.75) is 4.34 Å². The molecule has 2 amide bonds. The molecule has 1 heterocycles. The van der Waals surface area contributed by atoms with Gasteiger partial charge in [-0.05, 0) is 54.1 Å². The monoisotopic (exact) mass is 523 g/mol. The second kappa shape index (κ2) is 12.4. The first-order valence-electron chi connectivity index (χ1n) is 10.8. The van der Waals surface area contributed by atoms with Crippen molar-refractivity contribution in [3.8, 4) is 5.75 Å². The van der Waals surface area contributed by atoms with E-state index in [-0.39, 0.29) is 17.6 Å². The summed E-state index contributed by atoms with van der Waals surface area (Å²) in [5, 5.41) is 6.35. The molecule has 3 aromatic carbocycles. The van der Waals surface area contributed by atoms with Gasteiger partial charge in [0.2, 0.25) is 11.8 Å². The summed E-state index contributed by atoms with van der Waals surface area (Å²) in [6.45, 7) is 0.776. The third-order valence-electron chi connectivity index (χ3n) is 4.70. The summed E-state index contributed by atoms with van der Waals surface area (Å²) >= 11 is 8.71. The van der Waals surface area contributed by atoms with Crippen molar-refractivity contribution in [2.24, 2.45) is 0 Å². The largest absolute Gasteiger partial charge is 0.492 e. The summed E-state index contributed by atoms with van der Waals surface area (Å²) in [5.74, 6) is 0.667. The Bertz CT molecular complexity index is 1320. The molecule has 0 saturated heterocycles. The molecule has 178 valence electrons. The molecule has 0 unspecified atom stereocenters. The quantitative estimate of drug-likeness (QED) is 0.154. The zero-order valence-electron chi connectivity index (χ0n) is 18.6. The predicted octanol–water partition coefficient (Wildman–Crippen LogP) is 5.89. The summed E-state index contributed by atoms with van der Waals surface area (Å²) < 4.78 is 7.30. The Morgan fingerprint density at radius 2 is 1.86 bits per heavy atom. The maximum atomic E-state index is 12.2. The van der Waals surface area contributed by atoms with Crippen LogP contribution in [0, 0.1) is 0 Å². The third kappa shape index (κ3) is 7.85. The SMILES string of the molecule is O=C(/C=C/c1ccccc1)Nc1ccc2nc(SCC(=O)NCCOc3ccc(Cl)cc3)sc2c1. The van der Waals surface area contributed by atoms with E-state index in [1.807, 2.05) is 48.5 Å². The van der Waals surface area contributed by atoms with Crippen molar-refractivity contribution >= 4 is 68.5 Å². The number of aromatic nitrogens is 1. The number of carbonyl (C=O) groups is 2. The van der Waals surface area contributed by atoms with Crippen molar-refractivity contribution in [2.75, 3.05) is 24.2 Å². The summed E-state index contributed by atoms with van der Waals surface area (Å²) in [5.41, 5.74) is 2.48. The number of halogens is 1. The molecule has 2 N–H and O–H groups in total. The Kier molecular flexibility index (Phi) is 8.78. The first kappa shape index (κ1) is 24.8. The van der Waals surface area contributed by atoms with Gasteiger partial charge in [-0.1, -0.05) is 53.7 Å². The van der Waals surface area contributed by atoms with E-state index < -0.39 is 0 Å². The number of nitrogens with zero attached hydrogens (tertiary/aromatic N) is 1. The Morgan fingerprint density at radius 3 is 2.66 bits per heavy atom. The summed E-state index contributed by atoms with van der Waals surface area (Å²) in [6.07, 6.45) is 3.27. The first-order chi connectivity index (χ1) is 17.0. The molecule has 0 bridgehead atoms. The van der Waals surface area contributed by atoms with Crippen LogP contribution in [0.1, 0.15) is 5.56 Å². The fraction of sp³-hybridized carbons (Fsp3) is 0.115. The zero-order valence-corrected chi connectivity index (χ0v) is 21.0. The average Bonchev–Trinajstić information content (AvgIpc) is 3.28. The second-order valence-electron chi connectivity index (χ2n) is 7.34. The number of anilines is 1. The van der Waals surface area contributed by atoms with Crippen molar-refractivity contribution in [3.05, 3.63) is 89.5 Å². The van der Waals surface area contributed by atoms with Gasteiger partial charge in [0.25, 0.3) is 0 Å². The summed E-state index contributed by atoms with van der Waals surface area (Å²) in [6, 6.07) is 22.3. The van der Waals surface area contributed by atoms with Crippen LogP contribution >= 0.6 is 34.7 Å². The Labute approximate surface area is 216 Å². The second-order valence-corrected chi connectivity index (χ2v) is 10.0. The van der Waals surface area contributed by atoms with Gasteiger partial charge in [-0.2, -0.15) is 0 Å². The molecule has 35 heavy (non-hydrogen) atoms. The molecule has 0 saturated carbocycles. The topological polar surface area (TPSA) is 80.3 Å². The lowest BCUT2D eigenvalue weighted by Gasteiger charge is -2.07. The first-order valence-corrected chi connectivity index (χ1v) is 13.0. The molecule has 6 nitrogen and oxygen atoms in total. The van der Waals surface area contributed by atoms with Gasteiger partial charge in [0.15, 0.2) is 4.34 Å². The number of rotatable bonds is 10. The van der Waals surface area contributed by atoms with Crippen LogP contribution in [0.3, 0.4) is 0 Å². The molecule has 0 radical (unpaired) electrons. The van der Waals surface area contributed by atoms with Gasteiger partial charge in [0, 0.05) is 16.8 Å². The van der Waals surface area contributed by atoms with Crippen LogP contribution < -0.4 is 15.4 Å². The zero-order chi connectivity index (χ0) is 24.5. The molecule has 4 rings (SSSR count). The number of benzene rings is 3. The number of fused-ring (bicyclic) bond motifs is 1. The molecular weight excluding hydrogens is 502 g/mol. The van der Waals surface area contributed by atoms with E-state index in [1.54, 1.807) is 30.3 Å².